The fourth-order valence-electron chi connectivity index (χ4n) is 4.41. The van der Waals surface area contributed by atoms with Crippen molar-refractivity contribution in [3.05, 3.63) is 47.0 Å². The largest absolute Gasteiger partial charge is 0.478 e. The summed E-state index contributed by atoms with van der Waals surface area (Å²) in [5.74, 6) is -0.513. The summed E-state index contributed by atoms with van der Waals surface area (Å²) >= 11 is 0. The predicted octanol–water partition coefficient (Wildman–Crippen LogP) is 3.76. The molecule has 0 bridgehead atoms. The van der Waals surface area contributed by atoms with Gasteiger partial charge in [0.2, 0.25) is 15.9 Å². The highest BCUT2D eigenvalue weighted by molar-refractivity contribution is 7.89. The topological polar surface area (TPSA) is 105 Å². The first kappa shape index (κ1) is 24.2. The summed E-state index contributed by atoms with van der Waals surface area (Å²) in [7, 11) is -3.85. The first-order valence-electron chi connectivity index (χ1n) is 11.6. The zero-order valence-corrected chi connectivity index (χ0v) is 20.8. The minimum Gasteiger partial charge on any atom is -0.478 e. The number of fused-ring (bicyclic) bond motifs is 1. The summed E-state index contributed by atoms with van der Waals surface area (Å²) in [6, 6.07) is 8.84. The molecule has 2 unspecified atom stereocenters. The Balaban J connectivity index is 1.54. The number of anilines is 2. The molecule has 2 atom stereocenters. The van der Waals surface area contributed by atoms with E-state index in [0.29, 0.717) is 48.5 Å². The van der Waals surface area contributed by atoms with E-state index < -0.39 is 22.0 Å². The Kier molecular flexibility index (Phi) is 6.69. The lowest BCUT2D eigenvalue weighted by Gasteiger charge is -2.32. The van der Waals surface area contributed by atoms with Gasteiger partial charge in [0.05, 0.1) is 16.5 Å². The van der Waals surface area contributed by atoms with Gasteiger partial charge in [-0.1, -0.05) is 13.0 Å². The van der Waals surface area contributed by atoms with Crippen LogP contribution in [0.25, 0.3) is 0 Å². The fraction of sp³-hybridized carbons (Fsp3) is 0.440. The molecule has 2 aromatic carbocycles. The quantitative estimate of drug-likeness (QED) is 0.671. The average Bonchev–Trinajstić information content (AvgIpc) is 2.80. The number of carbonyl (C=O) groups excluding carboxylic acids is 2. The molecule has 1 saturated heterocycles. The number of aryl methyl sites for hydroxylation is 3. The van der Waals surface area contributed by atoms with Crippen molar-refractivity contribution in [1.29, 1.82) is 0 Å². The molecule has 4 rings (SSSR count). The van der Waals surface area contributed by atoms with E-state index in [0.717, 1.165) is 11.1 Å². The number of nitrogens with zero attached hydrogens (tertiary/aromatic N) is 1. The molecule has 1 fully saturated rings. The fourth-order valence-corrected chi connectivity index (χ4v) is 6.15. The zero-order chi connectivity index (χ0) is 24.6. The monoisotopic (exact) mass is 485 g/mol. The van der Waals surface area contributed by atoms with Crippen LogP contribution >= 0.6 is 0 Å². The van der Waals surface area contributed by atoms with Crippen LogP contribution in [-0.2, 0) is 19.6 Å². The normalized spacial score (nSPS) is 20.8. The Hall–Kier alpha value is -2.91. The van der Waals surface area contributed by atoms with Crippen LogP contribution in [0.2, 0.25) is 0 Å². The Morgan fingerprint density at radius 1 is 1.15 bits per heavy atom. The number of hydrogen-bond donors (Lipinski definition) is 2. The SMILES string of the molecule is CCC1Oc2cc(S(=O)(=O)N3CCCC(C(=O)Nc4ccc(C)c(C)c4)C3)c(C)cc2NC1=O. The van der Waals surface area contributed by atoms with E-state index in [2.05, 4.69) is 10.6 Å². The molecule has 0 radical (unpaired) electrons. The first-order valence-corrected chi connectivity index (χ1v) is 13.0. The van der Waals surface area contributed by atoms with Gasteiger partial charge in [-0.05, 0) is 74.9 Å². The minimum absolute atomic E-state index is 0.116. The van der Waals surface area contributed by atoms with Crippen LogP contribution in [0.5, 0.6) is 5.75 Å². The molecular weight excluding hydrogens is 454 g/mol. The molecule has 9 heteroatoms. The third kappa shape index (κ3) is 4.67. The second-order valence-electron chi connectivity index (χ2n) is 9.11. The number of amides is 2. The van der Waals surface area contributed by atoms with Crippen molar-refractivity contribution in [2.45, 2.75) is 58.0 Å². The minimum atomic E-state index is -3.85. The molecule has 0 saturated carbocycles. The molecule has 2 aromatic rings. The standard InChI is InChI=1S/C25H31N3O5S/c1-5-21-25(30)27-20-12-17(4)23(13-22(20)33-21)34(31,32)28-10-6-7-18(14-28)24(29)26-19-9-8-15(2)16(3)11-19/h8-9,11-13,18,21H,5-7,10,14H2,1-4H3,(H,26,29)(H,27,30). The number of benzene rings is 2. The molecule has 182 valence electrons. The molecule has 34 heavy (non-hydrogen) atoms. The van der Waals surface area contributed by atoms with Crippen molar-refractivity contribution in [3.8, 4) is 5.75 Å². The van der Waals surface area contributed by atoms with Crippen molar-refractivity contribution in [3.63, 3.8) is 0 Å². The van der Waals surface area contributed by atoms with Gasteiger partial charge in [0.1, 0.15) is 5.75 Å². The molecule has 0 aromatic heterocycles. The number of hydrogen-bond acceptors (Lipinski definition) is 5. The Morgan fingerprint density at radius 2 is 1.91 bits per heavy atom. The number of ether oxygens (including phenoxy) is 1. The molecule has 8 nitrogen and oxygen atoms in total. The van der Waals surface area contributed by atoms with Crippen molar-refractivity contribution in [1.82, 2.24) is 4.31 Å². The van der Waals surface area contributed by atoms with E-state index >= 15 is 0 Å². The van der Waals surface area contributed by atoms with E-state index in [-0.39, 0.29) is 23.3 Å². The molecule has 0 spiro atoms. The Labute approximate surface area is 200 Å². The van der Waals surface area contributed by atoms with Gasteiger partial charge in [-0.15, -0.1) is 0 Å². The first-order chi connectivity index (χ1) is 16.1. The number of sulfonamides is 1. The third-order valence-electron chi connectivity index (χ3n) is 6.61. The number of piperidine rings is 1. The highest BCUT2D eigenvalue weighted by Crippen LogP contribution is 2.36. The summed E-state index contributed by atoms with van der Waals surface area (Å²) in [4.78, 5) is 25.2. The van der Waals surface area contributed by atoms with Gasteiger partial charge in [0.15, 0.2) is 6.10 Å². The molecule has 2 heterocycles. The van der Waals surface area contributed by atoms with Gasteiger partial charge in [-0.3, -0.25) is 9.59 Å². The van der Waals surface area contributed by atoms with Crippen LogP contribution in [-0.4, -0.2) is 43.7 Å². The van der Waals surface area contributed by atoms with Crippen LogP contribution < -0.4 is 15.4 Å². The van der Waals surface area contributed by atoms with Gasteiger partial charge in [0.25, 0.3) is 5.91 Å². The van der Waals surface area contributed by atoms with Gasteiger partial charge in [-0.25, -0.2) is 8.42 Å². The maximum Gasteiger partial charge on any atom is 0.265 e. The highest BCUT2D eigenvalue weighted by Gasteiger charge is 2.36. The molecule has 2 aliphatic heterocycles. The number of nitrogens with one attached hydrogen (secondary N) is 2. The van der Waals surface area contributed by atoms with Gasteiger partial charge < -0.3 is 15.4 Å². The smallest absolute Gasteiger partial charge is 0.265 e. The van der Waals surface area contributed by atoms with Crippen molar-refractivity contribution < 1.29 is 22.7 Å². The van der Waals surface area contributed by atoms with Gasteiger partial charge in [-0.2, -0.15) is 4.31 Å². The summed E-state index contributed by atoms with van der Waals surface area (Å²) < 4.78 is 34.3. The van der Waals surface area contributed by atoms with Crippen LogP contribution in [0.3, 0.4) is 0 Å². The van der Waals surface area contributed by atoms with Crippen LogP contribution in [0.1, 0.15) is 42.9 Å². The second-order valence-corrected chi connectivity index (χ2v) is 11.0. The van der Waals surface area contributed by atoms with E-state index in [1.165, 1.54) is 10.4 Å². The predicted molar refractivity (Wildman–Crippen MR) is 131 cm³/mol. The molecular formula is C25H31N3O5S. The van der Waals surface area contributed by atoms with Crippen molar-refractivity contribution >= 4 is 33.2 Å². The molecule has 0 aliphatic carbocycles. The summed E-state index contributed by atoms with van der Waals surface area (Å²) in [5, 5.41) is 5.73. The van der Waals surface area contributed by atoms with Gasteiger partial charge in [0, 0.05) is 24.8 Å². The lowest BCUT2D eigenvalue weighted by molar-refractivity contribution is -0.123. The van der Waals surface area contributed by atoms with Crippen LogP contribution in [0, 0.1) is 26.7 Å². The summed E-state index contributed by atoms with van der Waals surface area (Å²) in [6.07, 6.45) is 1.04. The van der Waals surface area contributed by atoms with E-state index in [4.69, 9.17) is 4.74 Å². The third-order valence-corrected chi connectivity index (χ3v) is 8.62. The van der Waals surface area contributed by atoms with Crippen LogP contribution in [0.4, 0.5) is 11.4 Å². The lowest BCUT2D eigenvalue weighted by atomic mass is 9.98. The lowest BCUT2D eigenvalue weighted by Crippen LogP contribution is -2.44. The maximum atomic E-state index is 13.6. The van der Waals surface area contributed by atoms with Crippen LogP contribution in [0.15, 0.2) is 35.2 Å². The van der Waals surface area contributed by atoms with Gasteiger partial charge >= 0.3 is 0 Å². The zero-order valence-electron chi connectivity index (χ0n) is 20.0. The average molecular weight is 486 g/mol. The molecule has 2 amide bonds. The van der Waals surface area contributed by atoms with Crippen molar-refractivity contribution in [2.75, 3.05) is 23.7 Å². The highest BCUT2D eigenvalue weighted by atomic mass is 32.2. The molecule has 2 N–H and O–H groups in total. The van der Waals surface area contributed by atoms with E-state index in [9.17, 15) is 18.0 Å². The summed E-state index contributed by atoms with van der Waals surface area (Å²) in [5.41, 5.74) is 3.91. The van der Waals surface area contributed by atoms with E-state index in [1.807, 2.05) is 39.0 Å². The number of carbonyl (C=O) groups is 2. The number of rotatable bonds is 5. The molecule has 2 aliphatic rings. The maximum absolute atomic E-state index is 13.6. The van der Waals surface area contributed by atoms with E-state index in [1.54, 1.807) is 13.0 Å². The Bertz CT molecular complexity index is 1240. The Morgan fingerprint density at radius 3 is 2.62 bits per heavy atom. The summed E-state index contributed by atoms with van der Waals surface area (Å²) in [6.45, 7) is 7.98. The van der Waals surface area contributed by atoms with Crippen molar-refractivity contribution in [2.24, 2.45) is 5.92 Å². The second kappa shape index (κ2) is 9.38.